The second kappa shape index (κ2) is 9.64. The van der Waals surface area contributed by atoms with E-state index in [0.717, 1.165) is 11.6 Å². The number of halogens is 5. The van der Waals surface area contributed by atoms with E-state index >= 15 is 0 Å². The molecule has 0 radical (unpaired) electrons. The average Bonchev–Trinajstić information content (AvgIpc) is 3.20. The molecule has 3 aromatic carbocycles. The number of phenols is 1. The van der Waals surface area contributed by atoms with Crippen LogP contribution >= 0.6 is 23.2 Å². The summed E-state index contributed by atoms with van der Waals surface area (Å²) in [6.45, 7) is 0.142. The normalized spacial score (nSPS) is 11.5. The van der Waals surface area contributed by atoms with E-state index < -0.39 is 11.9 Å². The number of hydrogen-bond donors (Lipinski definition) is 1. The smallest absolute Gasteiger partial charge is 0.433 e. The summed E-state index contributed by atoms with van der Waals surface area (Å²) in [5.74, 6) is -0.707. The first-order valence-corrected chi connectivity index (χ1v) is 11.0. The van der Waals surface area contributed by atoms with Crippen LogP contribution in [0.4, 0.5) is 18.9 Å². The fraction of sp³-hybridized carbons (Fsp3) is 0.120. The topological polar surface area (TPSA) is 58.4 Å². The Morgan fingerprint density at radius 1 is 1.00 bits per heavy atom. The summed E-state index contributed by atoms with van der Waals surface area (Å²) in [5.41, 5.74) is 0.535. The number of aryl methyl sites for hydroxylation is 1. The second-order valence-electron chi connectivity index (χ2n) is 7.77. The molecule has 0 saturated heterocycles. The molecule has 4 aromatic rings. The predicted molar refractivity (Wildman–Crippen MR) is 129 cm³/mol. The quantitative estimate of drug-likeness (QED) is 0.310. The van der Waals surface area contributed by atoms with Crippen molar-refractivity contribution in [3.05, 3.63) is 99.7 Å². The lowest BCUT2D eigenvalue weighted by molar-refractivity contribution is -0.143. The number of phenolic OH excluding ortho intramolecular Hbond substituents is 1. The van der Waals surface area contributed by atoms with Gasteiger partial charge in [-0.1, -0.05) is 41.4 Å². The minimum Gasteiger partial charge on any atom is -0.507 e. The summed E-state index contributed by atoms with van der Waals surface area (Å²) < 4.78 is 40.2. The van der Waals surface area contributed by atoms with Crippen molar-refractivity contribution in [2.45, 2.75) is 12.7 Å². The van der Waals surface area contributed by atoms with Gasteiger partial charge in [-0.2, -0.15) is 18.3 Å². The number of anilines is 1. The van der Waals surface area contributed by atoms with Crippen molar-refractivity contribution in [2.24, 2.45) is 7.05 Å². The molecule has 180 valence electrons. The van der Waals surface area contributed by atoms with Crippen molar-refractivity contribution in [3.8, 4) is 17.0 Å². The molecule has 1 amide bonds. The lowest BCUT2D eigenvalue weighted by Gasteiger charge is -2.24. The molecular weight excluding hydrogens is 502 g/mol. The molecule has 0 bridgehead atoms. The monoisotopic (exact) mass is 519 g/mol. The Balaban J connectivity index is 1.73. The highest BCUT2D eigenvalue weighted by molar-refractivity contribution is 6.31. The molecule has 0 saturated carbocycles. The Bertz CT molecular complexity index is 1390. The number of amides is 1. The van der Waals surface area contributed by atoms with Crippen molar-refractivity contribution in [1.29, 1.82) is 0 Å². The summed E-state index contributed by atoms with van der Waals surface area (Å²) in [7, 11) is 1.18. The number of hydrogen-bond acceptors (Lipinski definition) is 3. The summed E-state index contributed by atoms with van der Waals surface area (Å²) in [6.07, 6.45) is -4.59. The number of carbonyl (C=O) groups excluding carboxylic acids is 1. The van der Waals surface area contributed by atoms with Crippen LogP contribution in [-0.4, -0.2) is 20.8 Å². The molecule has 4 rings (SSSR count). The Hall–Kier alpha value is -3.49. The van der Waals surface area contributed by atoms with Crippen molar-refractivity contribution in [2.75, 3.05) is 4.90 Å². The molecule has 0 aliphatic carbocycles. The van der Waals surface area contributed by atoms with Crippen molar-refractivity contribution < 1.29 is 23.1 Å². The average molecular weight is 520 g/mol. The van der Waals surface area contributed by atoms with Crippen molar-refractivity contribution in [3.63, 3.8) is 0 Å². The molecule has 1 heterocycles. The molecule has 0 spiro atoms. The van der Waals surface area contributed by atoms with Crippen LogP contribution in [-0.2, 0) is 19.8 Å². The number of nitrogens with zero attached hydrogens (tertiary/aromatic N) is 3. The number of aromatic nitrogens is 2. The fourth-order valence-electron chi connectivity index (χ4n) is 3.60. The molecule has 0 atom stereocenters. The van der Waals surface area contributed by atoms with Gasteiger partial charge in [0.25, 0.3) is 5.91 Å². The molecule has 0 aliphatic heterocycles. The van der Waals surface area contributed by atoms with Gasteiger partial charge in [0.05, 0.1) is 12.2 Å². The molecule has 0 aliphatic rings. The van der Waals surface area contributed by atoms with Gasteiger partial charge in [-0.3, -0.25) is 9.48 Å². The van der Waals surface area contributed by atoms with E-state index in [1.165, 1.54) is 36.2 Å². The van der Waals surface area contributed by atoms with Crippen LogP contribution in [0.3, 0.4) is 0 Å². The number of alkyl halides is 3. The maximum atomic E-state index is 13.4. The van der Waals surface area contributed by atoms with E-state index in [4.69, 9.17) is 23.2 Å². The minimum absolute atomic E-state index is 0.0470. The first-order chi connectivity index (χ1) is 16.5. The molecule has 5 nitrogen and oxygen atoms in total. The van der Waals surface area contributed by atoms with E-state index in [9.17, 15) is 23.1 Å². The van der Waals surface area contributed by atoms with E-state index in [2.05, 4.69) is 5.10 Å². The van der Waals surface area contributed by atoms with Gasteiger partial charge in [-0.25, -0.2) is 0 Å². The third-order valence-electron chi connectivity index (χ3n) is 5.31. The largest absolute Gasteiger partial charge is 0.507 e. The van der Waals surface area contributed by atoms with E-state index in [1.807, 2.05) is 0 Å². The van der Waals surface area contributed by atoms with E-state index in [0.29, 0.717) is 26.0 Å². The van der Waals surface area contributed by atoms with Gasteiger partial charge in [0.15, 0.2) is 0 Å². The molecule has 1 N–H and O–H groups in total. The highest BCUT2D eigenvalue weighted by Crippen LogP contribution is 2.37. The van der Waals surface area contributed by atoms with Crippen molar-refractivity contribution in [1.82, 2.24) is 9.78 Å². The molecular formula is C25H18Cl2F3N3O2. The van der Waals surface area contributed by atoms with Crippen LogP contribution in [0, 0.1) is 0 Å². The van der Waals surface area contributed by atoms with Gasteiger partial charge in [0.1, 0.15) is 11.4 Å². The summed E-state index contributed by atoms with van der Waals surface area (Å²) >= 11 is 12.0. The number of aromatic hydroxyl groups is 1. The molecule has 1 aromatic heterocycles. The second-order valence-corrected chi connectivity index (χ2v) is 8.64. The lowest BCUT2D eigenvalue weighted by Crippen LogP contribution is -2.30. The zero-order chi connectivity index (χ0) is 25.3. The molecule has 35 heavy (non-hydrogen) atoms. The van der Waals surface area contributed by atoms with Gasteiger partial charge in [-0.15, -0.1) is 0 Å². The Kier molecular flexibility index (Phi) is 6.78. The summed E-state index contributed by atoms with van der Waals surface area (Å²) in [4.78, 5) is 14.8. The van der Waals surface area contributed by atoms with Gasteiger partial charge < -0.3 is 10.0 Å². The van der Waals surface area contributed by atoms with Crippen LogP contribution in [0.15, 0.2) is 72.8 Å². The standard InChI is InChI=1S/C25H18Cl2F3N3O2/c1-32-23(25(28,29)30)13-21(31-32)20-10-9-19(12-22(20)34)33(14-15-5-7-17(26)8-6-15)24(35)16-3-2-4-18(27)11-16/h2-13,34H,14H2,1H3. The predicted octanol–water partition coefficient (Wildman–Crippen LogP) is 6.97. The highest BCUT2D eigenvalue weighted by atomic mass is 35.5. The Morgan fingerprint density at radius 3 is 2.31 bits per heavy atom. The Labute approximate surface area is 208 Å². The van der Waals surface area contributed by atoms with Crippen LogP contribution in [0.5, 0.6) is 5.75 Å². The maximum Gasteiger partial charge on any atom is 0.433 e. The third-order valence-corrected chi connectivity index (χ3v) is 5.80. The van der Waals surface area contributed by atoms with Crippen LogP contribution < -0.4 is 4.90 Å². The minimum atomic E-state index is -4.59. The maximum absolute atomic E-state index is 13.4. The van der Waals surface area contributed by atoms with Gasteiger partial charge in [0, 0.05) is 40.0 Å². The SMILES string of the molecule is Cn1nc(-c2ccc(N(Cc3ccc(Cl)cc3)C(=O)c3cccc(Cl)c3)cc2O)cc1C(F)(F)F. The van der Waals surface area contributed by atoms with Gasteiger partial charge in [0.2, 0.25) is 0 Å². The molecule has 10 heteroatoms. The lowest BCUT2D eigenvalue weighted by atomic mass is 10.1. The zero-order valence-corrected chi connectivity index (χ0v) is 19.7. The molecule has 0 fully saturated rings. The summed E-state index contributed by atoms with van der Waals surface area (Å²) in [6, 6.07) is 18.5. The van der Waals surface area contributed by atoms with E-state index in [1.54, 1.807) is 42.5 Å². The third kappa shape index (κ3) is 5.44. The van der Waals surface area contributed by atoms with Gasteiger partial charge in [-0.05, 0) is 54.1 Å². The molecule has 0 unspecified atom stereocenters. The van der Waals surface area contributed by atoms with Crippen LogP contribution in [0.1, 0.15) is 21.6 Å². The fourth-order valence-corrected chi connectivity index (χ4v) is 3.92. The Morgan fingerprint density at radius 2 is 1.71 bits per heavy atom. The number of carbonyl (C=O) groups is 1. The first kappa shape index (κ1) is 24.6. The number of rotatable bonds is 5. The summed E-state index contributed by atoms with van der Waals surface area (Å²) in [5, 5.41) is 15.5. The van der Waals surface area contributed by atoms with Crippen LogP contribution in [0.25, 0.3) is 11.3 Å². The number of benzene rings is 3. The highest BCUT2D eigenvalue weighted by Gasteiger charge is 2.35. The van der Waals surface area contributed by atoms with Crippen molar-refractivity contribution >= 4 is 34.8 Å². The van der Waals surface area contributed by atoms with Crippen LogP contribution in [0.2, 0.25) is 10.0 Å². The zero-order valence-electron chi connectivity index (χ0n) is 18.2. The van der Waals surface area contributed by atoms with E-state index in [-0.39, 0.29) is 29.5 Å². The van der Waals surface area contributed by atoms with Gasteiger partial charge >= 0.3 is 6.18 Å². The first-order valence-electron chi connectivity index (χ1n) is 10.3.